The Morgan fingerprint density at radius 3 is 2.95 bits per heavy atom. The highest BCUT2D eigenvalue weighted by atomic mass is 16.2. The molecule has 1 N–H and O–H groups in total. The molecule has 3 heterocycles. The van der Waals surface area contributed by atoms with Gasteiger partial charge in [0.1, 0.15) is 5.65 Å². The molecule has 3 rings (SSSR count). The van der Waals surface area contributed by atoms with Crippen LogP contribution < -0.4 is 0 Å². The van der Waals surface area contributed by atoms with Crippen LogP contribution in [0.25, 0.3) is 11.0 Å². The Balaban J connectivity index is 1.58. The summed E-state index contributed by atoms with van der Waals surface area (Å²) in [6.45, 7) is 4.30. The smallest absolute Gasteiger partial charge is 0.227 e. The molecule has 5 heteroatoms. The summed E-state index contributed by atoms with van der Waals surface area (Å²) < 4.78 is 0. The highest BCUT2D eigenvalue weighted by Gasteiger charge is 2.21. The zero-order valence-electron chi connectivity index (χ0n) is 12.6. The molecular formula is C17H20N4O. The minimum atomic E-state index is 0.182. The van der Waals surface area contributed by atoms with Crippen LogP contribution in [0.1, 0.15) is 12.0 Å². The molecule has 1 amide bonds. The first-order valence-corrected chi connectivity index (χ1v) is 7.62. The predicted octanol–water partition coefficient (Wildman–Crippen LogP) is 1.27. The molecule has 2 aromatic rings. The van der Waals surface area contributed by atoms with E-state index in [0.717, 1.165) is 55.7 Å². The van der Waals surface area contributed by atoms with Gasteiger partial charge >= 0.3 is 0 Å². The van der Waals surface area contributed by atoms with Crippen molar-refractivity contribution in [3.05, 3.63) is 30.1 Å². The van der Waals surface area contributed by atoms with Crippen LogP contribution in [0, 0.1) is 12.3 Å². The monoisotopic (exact) mass is 296 g/mol. The van der Waals surface area contributed by atoms with Crippen LogP contribution in [0.3, 0.4) is 0 Å². The van der Waals surface area contributed by atoms with E-state index in [0.29, 0.717) is 6.42 Å². The molecule has 1 aliphatic rings. The Morgan fingerprint density at radius 1 is 1.36 bits per heavy atom. The van der Waals surface area contributed by atoms with E-state index in [1.165, 1.54) is 0 Å². The number of rotatable bonds is 4. The first-order chi connectivity index (χ1) is 10.8. The quantitative estimate of drug-likeness (QED) is 0.865. The third kappa shape index (κ3) is 3.12. The normalized spacial score (nSPS) is 15.9. The topological polar surface area (TPSA) is 52.2 Å². The van der Waals surface area contributed by atoms with Crippen molar-refractivity contribution in [1.29, 1.82) is 0 Å². The summed E-state index contributed by atoms with van der Waals surface area (Å²) in [6.07, 6.45) is 10.1. The van der Waals surface area contributed by atoms with Gasteiger partial charge in [-0.05, 0) is 17.7 Å². The van der Waals surface area contributed by atoms with Crippen molar-refractivity contribution < 1.29 is 4.79 Å². The van der Waals surface area contributed by atoms with Crippen LogP contribution in [0.5, 0.6) is 0 Å². The van der Waals surface area contributed by atoms with E-state index in [1.807, 2.05) is 23.2 Å². The standard InChI is InChI=1S/C17H20N4O/c1-2-3-7-20-8-10-21(11-9-20)16(22)12-14-13-19-17-15(14)5-4-6-18-17/h1,4-6,13H,3,7-12H2,(H,18,19). The lowest BCUT2D eigenvalue weighted by atomic mass is 10.1. The number of nitrogens with one attached hydrogen (secondary N) is 1. The van der Waals surface area contributed by atoms with E-state index < -0.39 is 0 Å². The van der Waals surface area contributed by atoms with Gasteiger partial charge in [-0.1, -0.05) is 0 Å². The Hall–Kier alpha value is -2.32. The van der Waals surface area contributed by atoms with E-state index in [-0.39, 0.29) is 5.91 Å². The number of piperazine rings is 1. The second kappa shape index (κ2) is 6.63. The van der Waals surface area contributed by atoms with E-state index in [4.69, 9.17) is 6.42 Å². The van der Waals surface area contributed by atoms with E-state index >= 15 is 0 Å². The largest absolute Gasteiger partial charge is 0.346 e. The number of aromatic amines is 1. The number of nitrogens with zero attached hydrogens (tertiary/aromatic N) is 3. The van der Waals surface area contributed by atoms with Gasteiger partial charge in [0.2, 0.25) is 5.91 Å². The maximum atomic E-state index is 12.5. The molecule has 0 saturated carbocycles. The van der Waals surface area contributed by atoms with Crippen LogP contribution in [0.15, 0.2) is 24.5 Å². The lowest BCUT2D eigenvalue weighted by molar-refractivity contribution is -0.132. The molecule has 0 unspecified atom stereocenters. The van der Waals surface area contributed by atoms with Gasteiger partial charge < -0.3 is 9.88 Å². The summed E-state index contributed by atoms with van der Waals surface area (Å²) in [5, 5.41) is 1.03. The average molecular weight is 296 g/mol. The van der Waals surface area contributed by atoms with Gasteiger partial charge in [-0.25, -0.2) is 4.98 Å². The molecule has 22 heavy (non-hydrogen) atoms. The van der Waals surface area contributed by atoms with Crippen LogP contribution in [0.4, 0.5) is 0 Å². The lowest BCUT2D eigenvalue weighted by Gasteiger charge is -2.34. The molecular weight excluding hydrogens is 276 g/mol. The van der Waals surface area contributed by atoms with Crippen molar-refractivity contribution in [3.8, 4) is 12.3 Å². The fourth-order valence-corrected chi connectivity index (χ4v) is 2.88. The summed E-state index contributed by atoms with van der Waals surface area (Å²) in [6, 6.07) is 3.90. The first-order valence-electron chi connectivity index (χ1n) is 7.62. The molecule has 1 saturated heterocycles. The minimum Gasteiger partial charge on any atom is -0.346 e. The predicted molar refractivity (Wildman–Crippen MR) is 86.3 cm³/mol. The molecule has 1 fully saturated rings. The molecule has 114 valence electrons. The maximum Gasteiger partial charge on any atom is 0.227 e. The lowest BCUT2D eigenvalue weighted by Crippen LogP contribution is -2.49. The van der Waals surface area contributed by atoms with Gasteiger partial charge in [0.15, 0.2) is 0 Å². The number of hydrogen-bond donors (Lipinski definition) is 1. The molecule has 0 bridgehead atoms. The highest BCUT2D eigenvalue weighted by molar-refractivity contribution is 5.87. The third-order valence-electron chi connectivity index (χ3n) is 4.18. The molecule has 2 aromatic heterocycles. The molecule has 0 spiro atoms. The summed E-state index contributed by atoms with van der Waals surface area (Å²) in [5.41, 5.74) is 1.85. The number of amides is 1. The van der Waals surface area contributed by atoms with E-state index in [2.05, 4.69) is 20.8 Å². The second-order valence-corrected chi connectivity index (χ2v) is 5.57. The highest BCUT2D eigenvalue weighted by Crippen LogP contribution is 2.17. The van der Waals surface area contributed by atoms with Crippen molar-refractivity contribution in [3.63, 3.8) is 0 Å². The molecule has 0 aliphatic carbocycles. The van der Waals surface area contributed by atoms with Crippen molar-refractivity contribution in [2.75, 3.05) is 32.7 Å². The molecule has 0 aromatic carbocycles. The number of hydrogen-bond acceptors (Lipinski definition) is 3. The number of H-pyrrole nitrogens is 1. The zero-order valence-corrected chi connectivity index (χ0v) is 12.6. The zero-order chi connectivity index (χ0) is 15.4. The van der Waals surface area contributed by atoms with Gasteiger partial charge in [0.25, 0.3) is 0 Å². The second-order valence-electron chi connectivity index (χ2n) is 5.57. The Labute approximate surface area is 130 Å². The Bertz CT molecular complexity index is 692. The van der Waals surface area contributed by atoms with Crippen molar-refractivity contribution in [2.24, 2.45) is 0 Å². The van der Waals surface area contributed by atoms with Gasteiger partial charge in [-0.3, -0.25) is 9.69 Å². The Kier molecular flexibility index (Phi) is 4.40. The SMILES string of the molecule is C#CCCN1CCN(C(=O)Cc2c[nH]c3ncccc23)CC1. The summed E-state index contributed by atoms with van der Waals surface area (Å²) >= 11 is 0. The summed E-state index contributed by atoms with van der Waals surface area (Å²) in [7, 11) is 0. The third-order valence-corrected chi connectivity index (χ3v) is 4.18. The number of pyridine rings is 1. The number of carbonyl (C=O) groups is 1. The van der Waals surface area contributed by atoms with E-state index in [9.17, 15) is 4.79 Å². The van der Waals surface area contributed by atoms with Gasteiger partial charge in [-0.2, -0.15) is 0 Å². The fourth-order valence-electron chi connectivity index (χ4n) is 2.88. The summed E-state index contributed by atoms with van der Waals surface area (Å²) in [4.78, 5) is 24.1. The number of fused-ring (bicyclic) bond motifs is 1. The van der Waals surface area contributed by atoms with Gasteiger partial charge in [-0.15, -0.1) is 12.3 Å². The number of terminal acetylenes is 1. The van der Waals surface area contributed by atoms with Crippen molar-refractivity contribution in [1.82, 2.24) is 19.8 Å². The molecule has 0 radical (unpaired) electrons. The average Bonchev–Trinajstić information content (AvgIpc) is 2.96. The fraction of sp³-hybridized carbons (Fsp3) is 0.412. The number of aromatic nitrogens is 2. The van der Waals surface area contributed by atoms with Crippen molar-refractivity contribution in [2.45, 2.75) is 12.8 Å². The van der Waals surface area contributed by atoms with Crippen LogP contribution in [-0.4, -0.2) is 58.4 Å². The maximum absolute atomic E-state index is 12.5. The van der Waals surface area contributed by atoms with E-state index in [1.54, 1.807) is 6.20 Å². The molecule has 0 atom stereocenters. The van der Waals surface area contributed by atoms with Crippen LogP contribution >= 0.6 is 0 Å². The molecule has 5 nitrogen and oxygen atoms in total. The van der Waals surface area contributed by atoms with Crippen molar-refractivity contribution >= 4 is 16.9 Å². The molecule has 1 aliphatic heterocycles. The van der Waals surface area contributed by atoms with Gasteiger partial charge in [0.05, 0.1) is 6.42 Å². The first kappa shape index (κ1) is 14.6. The number of carbonyl (C=O) groups excluding carboxylic acids is 1. The van der Waals surface area contributed by atoms with Gasteiger partial charge in [0, 0.05) is 56.9 Å². The minimum absolute atomic E-state index is 0.182. The van der Waals surface area contributed by atoms with Crippen LogP contribution in [0.2, 0.25) is 0 Å². The van der Waals surface area contributed by atoms with Crippen LogP contribution in [-0.2, 0) is 11.2 Å². The summed E-state index contributed by atoms with van der Waals surface area (Å²) in [5.74, 6) is 2.85. The Morgan fingerprint density at radius 2 is 2.18 bits per heavy atom.